The van der Waals surface area contributed by atoms with Crippen molar-refractivity contribution in [2.45, 2.75) is 6.42 Å². The number of carbonyl (C=O) groups excluding carboxylic acids is 1. The molecule has 2 N–H and O–H groups in total. The van der Waals surface area contributed by atoms with Crippen LogP contribution in [0.2, 0.25) is 10.0 Å². The van der Waals surface area contributed by atoms with Gasteiger partial charge in [0.1, 0.15) is 5.75 Å². The Bertz CT molecular complexity index is 543. The maximum atomic E-state index is 11.1. The van der Waals surface area contributed by atoms with Crippen LogP contribution in [0.3, 0.4) is 0 Å². The van der Waals surface area contributed by atoms with Crippen LogP contribution < -0.4 is 10.1 Å². The number of benzene rings is 1. The maximum absolute atomic E-state index is 11.1. The van der Waals surface area contributed by atoms with Gasteiger partial charge >= 0.3 is 5.97 Å². The van der Waals surface area contributed by atoms with Crippen LogP contribution in [0.5, 0.6) is 5.75 Å². The van der Waals surface area contributed by atoms with Crippen molar-refractivity contribution in [3.05, 3.63) is 33.8 Å². The van der Waals surface area contributed by atoms with E-state index in [-0.39, 0.29) is 29.7 Å². The molecule has 1 aromatic rings. The zero-order valence-electron chi connectivity index (χ0n) is 10.7. The standard InChI is InChI=1S/C13H13Cl2NO4/c1-16-11(17)4-5-20-13-8(2-3-12(18)19)6-9(14)7-10(13)15/h2-3,6-7H,4-5H2,1H3,(H,16,17)(H,18,19). The van der Waals surface area contributed by atoms with Crippen molar-refractivity contribution in [2.24, 2.45) is 0 Å². The van der Waals surface area contributed by atoms with Crippen molar-refractivity contribution >= 4 is 41.2 Å². The third-order valence-electron chi connectivity index (χ3n) is 2.30. The highest BCUT2D eigenvalue weighted by Gasteiger charge is 2.10. The molecule has 5 nitrogen and oxygen atoms in total. The molecule has 1 rings (SSSR count). The van der Waals surface area contributed by atoms with Crippen LogP contribution in [0.4, 0.5) is 0 Å². The lowest BCUT2D eigenvalue weighted by atomic mass is 10.2. The highest BCUT2D eigenvalue weighted by molar-refractivity contribution is 6.35. The van der Waals surface area contributed by atoms with E-state index in [4.69, 9.17) is 33.0 Å². The van der Waals surface area contributed by atoms with Gasteiger partial charge in [0.25, 0.3) is 0 Å². The van der Waals surface area contributed by atoms with Gasteiger partial charge in [0.2, 0.25) is 5.91 Å². The van der Waals surface area contributed by atoms with Gasteiger partial charge in [-0.05, 0) is 18.2 Å². The van der Waals surface area contributed by atoms with E-state index >= 15 is 0 Å². The third kappa shape index (κ3) is 5.11. The normalized spacial score (nSPS) is 10.6. The van der Waals surface area contributed by atoms with Crippen molar-refractivity contribution in [2.75, 3.05) is 13.7 Å². The molecular formula is C13H13Cl2NO4. The number of carboxylic acids is 1. The average molecular weight is 318 g/mol. The molecular weight excluding hydrogens is 305 g/mol. The zero-order chi connectivity index (χ0) is 15.1. The maximum Gasteiger partial charge on any atom is 0.328 e. The molecule has 0 heterocycles. The third-order valence-corrected chi connectivity index (χ3v) is 2.80. The Balaban J connectivity index is 2.92. The molecule has 7 heteroatoms. The summed E-state index contributed by atoms with van der Waals surface area (Å²) in [6.07, 6.45) is 2.44. The van der Waals surface area contributed by atoms with Crippen molar-refractivity contribution in [1.29, 1.82) is 0 Å². The predicted molar refractivity (Wildman–Crippen MR) is 77.3 cm³/mol. The van der Waals surface area contributed by atoms with Gasteiger partial charge in [-0.25, -0.2) is 4.79 Å². The van der Waals surface area contributed by atoms with Crippen molar-refractivity contribution in [3.63, 3.8) is 0 Å². The summed E-state index contributed by atoms with van der Waals surface area (Å²) >= 11 is 11.9. The second kappa shape index (κ2) is 7.77. The molecule has 0 fully saturated rings. The molecule has 1 amide bonds. The molecule has 0 saturated carbocycles. The summed E-state index contributed by atoms with van der Waals surface area (Å²) in [5.41, 5.74) is 0.432. The molecule has 20 heavy (non-hydrogen) atoms. The SMILES string of the molecule is CNC(=O)CCOc1c(Cl)cc(Cl)cc1C=CC(=O)O. The monoisotopic (exact) mass is 317 g/mol. The van der Waals surface area contributed by atoms with Crippen molar-refractivity contribution in [1.82, 2.24) is 5.32 Å². The Kier molecular flexibility index (Phi) is 6.35. The number of nitrogens with one attached hydrogen (secondary N) is 1. The fourth-order valence-corrected chi connectivity index (χ4v) is 1.95. The van der Waals surface area contributed by atoms with Gasteiger partial charge in [-0.1, -0.05) is 23.2 Å². The number of rotatable bonds is 6. The van der Waals surface area contributed by atoms with Gasteiger partial charge in [0, 0.05) is 23.7 Å². The summed E-state index contributed by atoms with van der Waals surface area (Å²) < 4.78 is 5.43. The van der Waals surface area contributed by atoms with Crippen LogP contribution in [-0.4, -0.2) is 30.6 Å². The molecule has 0 radical (unpaired) electrons. The van der Waals surface area contributed by atoms with Crippen LogP contribution in [0.15, 0.2) is 18.2 Å². The number of hydrogen-bond donors (Lipinski definition) is 2. The quantitative estimate of drug-likeness (QED) is 0.791. The Labute approximate surface area is 126 Å². The van der Waals surface area contributed by atoms with E-state index in [9.17, 15) is 9.59 Å². The highest BCUT2D eigenvalue weighted by Crippen LogP contribution is 2.33. The number of carbonyl (C=O) groups is 2. The van der Waals surface area contributed by atoms with Gasteiger partial charge in [-0.3, -0.25) is 4.79 Å². The Morgan fingerprint density at radius 2 is 2.10 bits per heavy atom. The van der Waals surface area contributed by atoms with Crippen LogP contribution in [0, 0.1) is 0 Å². The fraction of sp³-hybridized carbons (Fsp3) is 0.231. The van der Waals surface area contributed by atoms with Crippen LogP contribution in [0.1, 0.15) is 12.0 Å². The number of hydrogen-bond acceptors (Lipinski definition) is 3. The lowest BCUT2D eigenvalue weighted by molar-refractivity contribution is -0.131. The number of amides is 1. The second-order valence-electron chi connectivity index (χ2n) is 3.75. The summed E-state index contributed by atoms with van der Waals surface area (Å²) in [5, 5.41) is 11.7. The Morgan fingerprint density at radius 1 is 1.40 bits per heavy atom. The van der Waals surface area contributed by atoms with E-state index in [0.29, 0.717) is 10.6 Å². The Morgan fingerprint density at radius 3 is 2.70 bits per heavy atom. The molecule has 0 spiro atoms. The first-order valence-electron chi connectivity index (χ1n) is 5.67. The molecule has 0 atom stereocenters. The van der Waals surface area contributed by atoms with Gasteiger partial charge < -0.3 is 15.2 Å². The summed E-state index contributed by atoms with van der Waals surface area (Å²) in [5.74, 6) is -0.979. The van der Waals surface area contributed by atoms with Gasteiger partial charge in [0.05, 0.1) is 18.1 Å². The predicted octanol–water partition coefficient (Wildman–Crippen LogP) is 2.61. The molecule has 0 unspecified atom stereocenters. The molecule has 0 bridgehead atoms. The van der Waals surface area contributed by atoms with Gasteiger partial charge in [-0.2, -0.15) is 0 Å². The van der Waals surface area contributed by atoms with Crippen molar-refractivity contribution in [3.8, 4) is 5.75 Å². The minimum Gasteiger partial charge on any atom is -0.491 e. The van der Waals surface area contributed by atoms with E-state index in [1.807, 2.05) is 0 Å². The number of ether oxygens (including phenoxy) is 1. The first-order valence-corrected chi connectivity index (χ1v) is 6.43. The number of halogens is 2. The lowest BCUT2D eigenvalue weighted by Gasteiger charge is -2.11. The largest absolute Gasteiger partial charge is 0.491 e. The van der Waals surface area contributed by atoms with E-state index in [1.165, 1.54) is 25.3 Å². The zero-order valence-corrected chi connectivity index (χ0v) is 12.2. The minimum absolute atomic E-state index is 0.120. The van der Waals surface area contributed by atoms with E-state index < -0.39 is 5.97 Å². The molecule has 0 aliphatic rings. The first-order chi connectivity index (χ1) is 9.43. The summed E-state index contributed by atoms with van der Waals surface area (Å²) in [6.45, 7) is 0.120. The first kappa shape index (κ1) is 16.3. The van der Waals surface area contributed by atoms with E-state index in [2.05, 4.69) is 5.32 Å². The highest BCUT2D eigenvalue weighted by atomic mass is 35.5. The van der Waals surface area contributed by atoms with E-state index in [0.717, 1.165) is 6.08 Å². The van der Waals surface area contributed by atoms with Gasteiger partial charge in [0.15, 0.2) is 0 Å². The van der Waals surface area contributed by atoms with Crippen molar-refractivity contribution < 1.29 is 19.4 Å². The molecule has 0 aromatic heterocycles. The molecule has 0 aliphatic carbocycles. The topological polar surface area (TPSA) is 75.6 Å². The smallest absolute Gasteiger partial charge is 0.328 e. The Hall–Kier alpha value is -1.72. The van der Waals surface area contributed by atoms with Crippen LogP contribution in [0.25, 0.3) is 6.08 Å². The molecule has 1 aromatic carbocycles. The average Bonchev–Trinajstić information content (AvgIpc) is 2.38. The van der Waals surface area contributed by atoms with Gasteiger partial charge in [-0.15, -0.1) is 0 Å². The minimum atomic E-state index is -1.10. The lowest BCUT2D eigenvalue weighted by Crippen LogP contribution is -2.20. The summed E-state index contributed by atoms with van der Waals surface area (Å²) in [4.78, 5) is 21.7. The second-order valence-corrected chi connectivity index (χ2v) is 4.59. The molecule has 0 saturated heterocycles. The summed E-state index contributed by atoms with van der Waals surface area (Å²) in [7, 11) is 1.53. The van der Waals surface area contributed by atoms with Crippen LogP contribution in [-0.2, 0) is 9.59 Å². The van der Waals surface area contributed by atoms with Crippen LogP contribution >= 0.6 is 23.2 Å². The van der Waals surface area contributed by atoms with E-state index in [1.54, 1.807) is 0 Å². The number of aliphatic carboxylic acids is 1. The fourth-order valence-electron chi connectivity index (χ4n) is 1.39. The molecule has 108 valence electrons. The summed E-state index contributed by atoms with van der Waals surface area (Å²) in [6, 6.07) is 3.01. The number of carboxylic acid groups (broad SMARTS) is 1. The molecule has 0 aliphatic heterocycles.